The monoisotopic (exact) mass is 389 g/mol. The Labute approximate surface area is 164 Å². The van der Waals surface area contributed by atoms with Crippen LogP contribution in [0.15, 0.2) is 30.5 Å². The fraction of sp³-hybridized carbons (Fsp3) is 0.500. The summed E-state index contributed by atoms with van der Waals surface area (Å²) in [5.41, 5.74) is 2.27. The molecule has 0 unspecified atom stereocenters. The Hall–Kier alpha value is -1.99. The Morgan fingerprint density at radius 1 is 1.26 bits per heavy atom. The highest BCUT2D eigenvalue weighted by molar-refractivity contribution is 7.99. The van der Waals surface area contributed by atoms with Crippen LogP contribution in [0, 0.1) is 0 Å². The van der Waals surface area contributed by atoms with Crippen molar-refractivity contribution in [2.75, 3.05) is 37.7 Å². The number of carbonyl (C=O) groups is 1. The summed E-state index contributed by atoms with van der Waals surface area (Å²) >= 11 is 2.00. The second-order valence-corrected chi connectivity index (χ2v) is 8.03. The third-order valence-electron chi connectivity index (χ3n) is 4.42. The van der Waals surface area contributed by atoms with Gasteiger partial charge in [-0.1, -0.05) is 0 Å². The predicted octanol–water partition coefficient (Wildman–Crippen LogP) is 3.08. The minimum absolute atomic E-state index is 0.156. The number of aryl methyl sites for hydroxylation is 1. The van der Waals surface area contributed by atoms with Crippen LogP contribution < -0.4 is 4.74 Å². The lowest BCUT2D eigenvalue weighted by Crippen LogP contribution is -2.35. The van der Waals surface area contributed by atoms with Crippen LogP contribution in [0.4, 0.5) is 0 Å². The minimum atomic E-state index is -0.328. The Kier molecular flexibility index (Phi) is 6.79. The molecular weight excluding hydrogens is 362 g/mol. The maximum absolute atomic E-state index is 12.3. The number of rotatable bonds is 7. The first-order chi connectivity index (χ1) is 13.0. The molecule has 2 aromatic rings. The summed E-state index contributed by atoms with van der Waals surface area (Å²) in [5.74, 6) is 2.80. The van der Waals surface area contributed by atoms with Crippen LogP contribution in [0.2, 0.25) is 0 Å². The molecule has 146 valence electrons. The summed E-state index contributed by atoms with van der Waals surface area (Å²) in [5, 5.41) is 4.25. The number of carbonyl (C=O) groups excluding carboxylic acids is 1. The average Bonchev–Trinajstić information content (AvgIpc) is 3.08. The lowest BCUT2D eigenvalue weighted by molar-refractivity contribution is 0.0378. The van der Waals surface area contributed by atoms with E-state index in [1.54, 1.807) is 16.9 Å². The molecule has 0 saturated carbocycles. The van der Waals surface area contributed by atoms with E-state index in [0.717, 1.165) is 36.6 Å². The number of nitrogens with zero attached hydrogens (tertiary/aromatic N) is 3. The van der Waals surface area contributed by atoms with E-state index in [1.165, 1.54) is 11.5 Å². The van der Waals surface area contributed by atoms with Crippen molar-refractivity contribution in [3.63, 3.8) is 0 Å². The molecule has 1 saturated heterocycles. The summed E-state index contributed by atoms with van der Waals surface area (Å²) in [7, 11) is 1.88. The molecule has 1 aliphatic rings. The van der Waals surface area contributed by atoms with Crippen molar-refractivity contribution in [1.82, 2.24) is 14.7 Å². The molecule has 7 heteroatoms. The number of hydrogen-bond donors (Lipinski definition) is 0. The number of benzene rings is 1. The molecule has 0 bridgehead atoms. The van der Waals surface area contributed by atoms with E-state index in [0.29, 0.717) is 12.2 Å². The molecule has 0 spiro atoms. The molecule has 0 amide bonds. The molecule has 0 aliphatic carbocycles. The van der Waals surface area contributed by atoms with Gasteiger partial charge < -0.3 is 9.47 Å². The van der Waals surface area contributed by atoms with Gasteiger partial charge in [-0.05, 0) is 38.1 Å². The second-order valence-electron chi connectivity index (χ2n) is 6.81. The number of hydrogen-bond acceptors (Lipinski definition) is 6. The van der Waals surface area contributed by atoms with Crippen LogP contribution >= 0.6 is 11.8 Å². The average molecular weight is 390 g/mol. The minimum Gasteiger partial charge on any atom is -0.492 e. The van der Waals surface area contributed by atoms with Gasteiger partial charge in [0.15, 0.2) is 0 Å². The maximum atomic E-state index is 12.3. The van der Waals surface area contributed by atoms with Crippen molar-refractivity contribution >= 4 is 17.7 Å². The number of thioether (sulfide) groups is 1. The standard InChI is InChI=1S/C20H27N3O3S/c1-15(2)26-20(24)16-4-5-19(17(14-16)18-6-7-21-22(18)3)25-11-8-23-9-12-27-13-10-23/h4-7,14-15H,8-13H2,1-3H3. The van der Waals surface area contributed by atoms with Crippen LogP contribution in [-0.2, 0) is 11.8 Å². The van der Waals surface area contributed by atoms with Gasteiger partial charge in [0.2, 0.25) is 0 Å². The molecule has 27 heavy (non-hydrogen) atoms. The molecule has 0 atom stereocenters. The topological polar surface area (TPSA) is 56.6 Å². The van der Waals surface area contributed by atoms with Crippen LogP contribution in [0.3, 0.4) is 0 Å². The van der Waals surface area contributed by atoms with Gasteiger partial charge in [0.25, 0.3) is 0 Å². The van der Waals surface area contributed by atoms with E-state index < -0.39 is 0 Å². The summed E-state index contributed by atoms with van der Waals surface area (Å²) in [6.45, 7) is 7.44. The van der Waals surface area contributed by atoms with Crippen LogP contribution in [0.25, 0.3) is 11.3 Å². The third kappa shape index (κ3) is 5.26. The summed E-state index contributed by atoms with van der Waals surface area (Å²) in [6, 6.07) is 7.36. The lowest BCUT2D eigenvalue weighted by Gasteiger charge is -2.26. The molecule has 0 N–H and O–H groups in total. The van der Waals surface area contributed by atoms with Crippen molar-refractivity contribution in [1.29, 1.82) is 0 Å². The molecule has 1 fully saturated rings. The quantitative estimate of drug-likeness (QED) is 0.679. The molecule has 1 aromatic heterocycles. The SMILES string of the molecule is CC(C)OC(=O)c1ccc(OCCN2CCSCC2)c(-c2ccnn2C)c1. The lowest BCUT2D eigenvalue weighted by atomic mass is 10.1. The Bertz CT molecular complexity index is 770. The zero-order valence-electron chi connectivity index (χ0n) is 16.2. The van der Waals surface area contributed by atoms with Gasteiger partial charge in [-0.3, -0.25) is 9.58 Å². The first-order valence-electron chi connectivity index (χ1n) is 9.31. The van der Waals surface area contributed by atoms with E-state index in [9.17, 15) is 4.79 Å². The van der Waals surface area contributed by atoms with E-state index in [1.807, 2.05) is 50.9 Å². The van der Waals surface area contributed by atoms with Gasteiger partial charge in [0, 0.05) is 49.9 Å². The molecule has 3 rings (SSSR count). The fourth-order valence-corrected chi connectivity index (χ4v) is 3.99. The molecule has 2 heterocycles. The highest BCUT2D eigenvalue weighted by Crippen LogP contribution is 2.31. The molecule has 1 aromatic carbocycles. The van der Waals surface area contributed by atoms with Crippen molar-refractivity contribution < 1.29 is 14.3 Å². The Morgan fingerprint density at radius 3 is 2.70 bits per heavy atom. The first-order valence-corrected chi connectivity index (χ1v) is 10.5. The molecule has 1 aliphatic heterocycles. The summed E-state index contributed by atoms with van der Waals surface area (Å²) in [4.78, 5) is 14.7. The van der Waals surface area contributed by atoms with Crippen molar-refractivity contribution in [3.05, 3.63) is 36.0 Å². The van der Waals surface area contributed by atoms with Gasteiger partial charge in [-0.15, -0.1) is 0 Å². The molecule has 0 radical (unpaired) electrons. The smallest absolute Gasteiger partial charge is 0.338 e. The van der Waals surface area contributed by atoms with Crippen LogP contribution in [-0.4, -0.2) is 64.5 Å². The normalized spacial score (nSPS) is 15.1. The second kappa shape index (κ2) is 9.28. The summed E-state index contributed by atoms with van der Waals surface area (Å²) < 4.78 is 13.2. The van der Waals surface area contributed by atoms with E-state index in [4.69, 9.17) is 9.47 Å². The van der Waals surface area contributed by atoms with Crippen LogP contribution in [0.5, 0.6) is 5.75 Å². The number of ether oxygens (including phenoxy) is 2. The van der Waals surface area contributed by atoms with Gasteiger partial charge >= 0.3 is 5.97 Å². The zero-order chi connectivity index (χ0) is 19.2. The highest BCUT2D eigenvalue weighted by atomic mass is 32.2. The fourth-order valence-electron chi connectivity index (χ4n) is 3.01. The van der Waals surface area contributed by atoms with Gasteiger partial charge in [0.05, 0.1) is 17.4 Å². The van der Waals surface area contributed by atoms with Crippen molar-refractivity contribution in [2.45, 2.75) is 20.0 Å². The number of esters is 1. The van der Waals surface area contributed by atoms with Gasteiger partial charge in [0.1, 0.15) is 12.4 Å². The summed E-state index contributed by atoms with van der Waals surface area (Å²) in [6.07, 6.45) is 1.58. The van der Waals surface area contributed by atoms with E-state index in [2.05, 4.69) is 10.00 Å². The van der Waals surface area contributed by atoms with E-state index >= 15 is 0 Å². The maximum Gasteiger partial charge on any atom is 0.338 e. The Balaban J connectivity index is 1.77. The number of aromatic nitrogens is 2. The van der Waals surface area contributed by atoms with Crippen molar-refractivity contribution in [2.24, 2.45) is 7.05 Å². The largest absolute Gasteiger partial charge is 0.492 e. The van der Waals surface area contributed by atoms with Crippen molar-refractivity contribution in [3.8, 4) is 17.0 Å². The van der Waals surface area contributed by atoms with Gasteiger partial charge in [-0.25, -0.2) is 4.79 Å². The van der Waals surface area contributed by atoms with Crippen LogP contribution in [0.1, 0.15) is 24.2 Å². The third-order valence-corrected chi connectivity index (χ3v) is 5.37. The van der Waals surface area contributed by atoms with E-state index in [-0.39, 0.29) is 12.1 Å². The van der Waals surface area contributed by atoms with Gasteiger partial charge in [-0.2, -0.15) is 16.9 Å². The zero-order valence-corrected chi connectivity index (χ0v) is 17.0. The molecular formula is C20H27N3O3S. The predicted molar refractivity (Wildman–Crippen MR) is 108 cm³/mol. The molecule has 6 nitrogen and oxygen atoms in total. The first kappa shape index (κ1) is 19.8. The Morgan fingerprint density at radius 2 is 2.04 bits per heavy atom. The highest BCUT2D eigenvalue weighted by Gasteiger charge is 2.17.